The quantitative estimate of drug-likeness (QED) is 0.387. The number of carbonyl (C=O) groups excluding carboxylic acids is 1. The number of nitro groups is 1. The van der Waals surface area contributed by atoms with Crippen LogP contribution in [0.5, 0.6) is 11.5 Å². The number of carbonyl (C=O) groups is 1. The van der Waals surface area contributed by atoms with Crippen molar-refractivity contribution in [3.05, 3.63) is 76.3 Å². The molecule has 6 heteroatoms. The van der Waals surface area contributed by atoms with E-state index < -0.39 is 10.2 Å². The molecular weight excluding hydrogens is 318 g/mol. The van der Waals surface area contributed by atoms with Crippen molar-refractivity contribution in [1.29, 1.82) is 0 Å². The summed E-state index contributed by atoms with van der Waals surface area (Å²) in [7, 11) is 0. The molecule has 3 rings (SSSR count). The Hall–Kier alpha value is -2.92. The van der Waals surface area contributed by atoms with Crippen LogP contribution in [0.15, 0.2) is 60.7 Å². The summed E-state index contributed by atoms with van der Waals surface area (Å²) >= 11 is 5.36. The van der Waals surface area contributed by atoms with Crippen LogP contribution >= 0.6 is 11.6 Å². The molecule has 0 saturated heterocycles. The molecule has 0 aromatic heterocycles. The maximum Gasteiger partial charge on any atom is 0.312 e. The summed E-state index contributed by atoms with van der Waals surface area (Å²) in [5.41, 5.74) is -0.270. The van der Waals surface area contributed by atoms with Gasteiger partial charge in [0.2, 0.25) is 5.75 Å². The molecule has 114 valence electrons. The number of hydrogen-bond donors (Lipinski definition) is 0. The van der Waals surface area contributed by atoms with Crippen molar-refractivity contribution in [2.45, 2.75) is 0 Å². The van der Waals surface area contributed by atoms with Crippen LogP contribution in [0.2, 0.25) is 0 Å². The van der Waals surface area contributed by atoms with Gasteiger partial charge in [-0.3, -0.25) is 14.9 Å². The zero-order chi connectivity index (χ0) is 16.4. The smallest absolute Gasteiger partial charge is 0.312 e. The SMILES string of the molecule is O=C(Cl)c1ccc(Oc2ccc3ccccc3c2)c([N+](=O)[O-])c1. The average molecular weight is 328 g/mol. The molecule has 0 spiro atoms. The minimum Gasteiger partial charge on any atom is -0.450 e. The Morgan fingerprint density at radius 3 is 2.43 bits per heavy atom. The highest BCUT2D eigenvalue weighted by Crippen LogP contribution is 2.33. The second kappa shape index (κ2) is 6.06. The molecule has 0 fully saturated rings. The molecule has 5 nitrogen and oxygen atoms in total. The van der Waals surface area contributed by atoms with Gasteiger partial charge in [0.05, 0.1) is 4.92 Å². The van der Waals surface area contributed by atoms with Gasteiger partial charge in [0.1, 0.15) is 5.75 Å². The highest BCUT2D eigenvalue weighted by molar-refractivity contribution is 6.67. The Bertz CT molecular complexity index is 923. The standard InChI is InChI=1S/C17H10ClNO4/c18-17(20)13-6-8-16(15(10-13)19(21)22)23-14-7-5-11-3-1-2-4-12(11)9-14/h1-10H. The topological polar surface area (TPSA) is 69.4 Å². The van der Waals surface area contributed by atoms with Crippen molar-refractivity contribution >= 4 is 33.3 Å². The molecule has 3 aromatic rings. The number of nitro benzene ring substituents is 1. The van der Waals surface area contributed by atoms with Crippen molar-refractivity contribution in [1.82, 2.24) is 0 Å². The average Bonchev–Trinajstić information content (AvgIpc) is 2.54. The molecule has 0 aliphatic heterocycles. The first-order chi connectivity index (χ1) is 11.0. The van der Waals surface area contributed by atoms with E-state index in [0.717, 1.165) is 16.8 Å². The van der Waals surface area contributed by atoms with Crippen molar-refractivity contribution < 1.29 is 14.5 Å². The van der Waals surface area contributed by atoms with E-state index in [1.165, 1.54) is 12.1 Å². The van der Waals surface area contributed by atoms with Gasteiger partial charge in [-0.1, -0.05) is 30.3 Å². The monoisotopic (exact) mass is 327 g/mol. The Morgan fingerprint density at radius 2 is 1.74 bits per heavy atom. The largest absolute Gasteiger partial charge is 0.450 e. The first-order valence-electron chi connectivity index (χ1n) is 6.69. The summed E-state index contributed by atoms with van der Waals surface area (Å²) in [5.74, 6) is 0.517. The van der Waals surface area contributed by atoms with Crippen molar-refractivity contribution in [3.8, 4) is 11.5 Å². The van der Waals surface area contributed by atoms with Crippen molar-refractivity contribution in [3.63, 3.8) is 0 Å². The minimum absolute atomic E-state index is 0.0456. The van der Waals surface area contributed by atoms with Crippen LogP contribution in [0.25, 0.3) is 10.8 Å². The van der Waals surface area contributed by atoms with Crippen LogP contribution in [0, 0.1) is 10.1 Å². The maximum atomic E-state index is 11.2. The molecular formula is C17H10ClNO4. The van der Waals surface area contributed by atoms with Gasteiger partial charge >= 0.3 is 5.69 Å². The van der Waals surface area contributed by atoms with Gasteiger partial charge < -0.3 is 4.74 Å². The van der Waals surface area contributed by atoms with Gasteiger partial charge in [-0.2, -0.15) is 0 Å². The molecule has 0 aliphatic rings. The van der Waals surface area contributed by atoms with E-state index in [9.17, 15) is 14.9 Å². The van der Waals surface area contributed by atoms with Crippen LogP contribution in [-0.4, -0.2) is 10.2 Å². The Balaban J connectivity index is 2.00. The second-order valence-corrected chi connectivity index (χ2v) is 5.17. The Labute approximate surface area is 136 Å². The summed E-state index contributed by atoms with van der Waals surface area (Å²) in [5, 5.41) is 12.4. The van der Waals surface area contributed by atoms with Gasteiger partial charge in [0.15, 0.2) is 0 Å². The van der Waals surface area contributed by atoms with Crippen LogP contribution in [0.4, 0.5) is 5.69 Å². The second-order valence-electron chi connectivity index (χ2n) is 4.82. The Kier molecular flexibility index (Phi) is 3.95. The van der Waals surface area contributed by atoms with E-state index in [2.05, 4.69) is 0 Å². The number of ether oxygens (including phenoxy) is 1. The predicted octanol–water partition coefficient (Wildman–Crippen LogP) is 4.92. The molecule has 3 aromatic carbocycles. The third kappa shape index (κ3) is 3.14. The number of rotatable bonds is 4. The summed E-state index contributed by atoms with van der Waals surface area (Å²) in [6.45, 7) is 0. The summed E-state index contributed by atoms with van der Waals surface area (Å²) < 4.78 is 5.62. The lowest BCUT2D eigenvalue weighted by atomic mass is 10.1. The molecule has 0 bridgehead atoms. The summed E-state index contributed by atoms with van der Waals surface area (Å²) in [6.07, 6.45) is 0. The molecule has 23 heavy (non-hydrogen) atoms. The Morgan fingerprint density at radius 1 is 1.00 bits per heavy atom. The number of halogens is 1. The normalized spacial score (nSPS) is 10.5. The zero-order valence-electron chi connectivity index (χ0n) is 11.7. The van der Waals surface area contributed by atoms with Crippen LogP contribution < -0.4 is 4.74 Å². The molecule has 0 saturated carbocycles. The molecule has 0 radical (unpaired) electrons. The molecule has 0 unspecified atom stereocenters. The van der Waals surface area contributed by atoms with E-state index in [0.29, 0.717) is 5.75 Å². The zero-order valence-corrected chi connectivity index (χ0v) is 12.5. The lowest BCUT2D eigenvalue weighted by Crippen LogP contribution is -1.97. The van der Waals surface area contributed by atoms with Gasteiger partial charge in [-0.05, 0) is 46.6 Å². The fourth-order valence-electron chi connectivity index (χ4n) is 2.23. The van der Waals surface area contributed by atoms with Gasteiger partial charge in [-0.15, -0.1) is 0 Å². The molecule has 0 aliphatic carbocycles. The van der Waals surface area contributed by atoms with E-state index in [4.69, 9.17) is 16.3 Å². The van der Waals surface area contributed by atoms with Gasteiger partial charge in [0, 0.05) is 11.6 Å². The number of fused-ring (bicyclic) bond motifs is 1. The van der Waals surface area contributed by atoms with Crippen LogP contribution in [0.3, 0.4) is 0 Å². The number of benzene rings is 3. The predicted molar refractivity (Wildman–Crippen MR) is 87.3 cm³/mol. The minimum atomic E-state index is -0.759. The molecule has 0 heterocycles. The van der Waals surface area contributed by atoms with Crippen molar-refractivity contribution in [2.75, 3.05) is 0 Å². The third-order valence-corrected chi connectivity index (χ3v) is 3.55. The summed E-state index contributed by atoms with van der Waals surface area (Å²) in [6, 6.07) is 17.0. The first-order valence-corrected chi connectivity index (χ1v) is 7.07. The highest BCUT2D eigenvalue weighted by atomic mass is 35.5. The lowest BCUT2D eigenvalue weighted by Gasteiger charge is -2.08. The summed E-state index contributed by atoms with van der Waals surface area (Å²) in [4.78, 5) is 21.7. The first kappa shape index (κ1) is 15.0. The van der Waals surface area contributed by atoms with Gasteiger partial charge in [0.25, 0.3) is 5.24 Å². The maximum absolute atomic E-state index is 11.2. The third-order valence-electron chi connectivity index (χ3n) is 3.33. The fourth-order valence-corrected chi connectivity index (χ4v) is 2.34. The molecule has 0 N–H and O–H groups in total. The van der Waals surface area contributed by atoms with E-state index in [1.54, 1.807) is 12.1 Å². The number of nitrogens with zero attached hydrogens (tertiary/aromatic N) is 1. The molecule has 0 amide bonds. The van der Waals surface area contributed by atoms with E-state index in [-0.39, 0.29) is 17.0 Å². The van der Waals surface area contributed by atoms with E-state index in [1.807, 2.05) is 30.3 Å². The van der Waals surface area contributed by atoms with Crippen LogP contribution in [-0.2, 0) is 0 Å². The van der Waals surface area contributed by atoms with Crippen molar-refractivity contribution in [2.24, 2.45) is 0 Å². The molecule has 0 atom stereocenters. The van der Waals surface area contributed by atoms with E-state index >= 15 is 0 Å². The van der Waals surface area contributed by atoms with Gasteiger partial charge in [-0.25, -0.2) is 0 Å². The fraction of sp³-hybridized carbons (Fsp3) is 0. The highest BCUT2D eigenvalue weighted by Gasteiger charge is 2.18. The lowest BCUT2D eigenvalue weighted by molar-refractivity contribution is -0.385. The van der Waals surface area contributed by atoms with Crippen LogP contribution in [0.1, 0.15) is 10.4 Å². The number of hydrogen-bond acceptors (Lipinski definition) is 4.